The van der Waals surface area contributed by atoms with Crippen LogP contribution >= 0.6 is 0 Å². The minimum atomic E-state index is -2.98. The number of nitrogens with zero attached hydrogens (tertiary/aromatic N) is 3. The van der Waals surface area contributed by atoms with Crippen LogP contribution in [-0.4, -0.2) is 78.7 Å². The molecule has 0 bridgehead atoms. The largest absolute Gasteiger partial charge is 0.344 e. The second kappa shape index (κ2) is 9.06. The molecule has 31 heavy (non-hydrogen) atoms. The summed E-state index contributed by atoms with van der Waals surface area (Å²) in [7, 11) is -2.98. The van der Waals surface area contributed by atoms with Gasteiger partial charge in [0.25, 0.3) is 0 Å². The molecule has 1 saturated carbocycles. The summed E-state index contributed by atoms with van der Waals surface area (Å²) in [5.74, 6) is 0.968. The van der Waals surface area contributed by atoms with E-state index in [0.29, 0.717) is 37.5 Å². The molecule has 0 spiro atoms. The van der Waals surface area contributed by atoms with Crippen LogP contribution in [0.4, 0.5) is 0 Å². The molecule has 7 nitrogen and oxygen atoms in total. The quantitative estimate of drug-likeness (QED) is 0.645. The number of rotatable bonds is 5. The van der Waals surface area contributed by atoms with Crippen molar-refractivity contribution in [2.75, 3.05) is 44.2 Å². The second-order valence-corrected chi connectivity index (χ2v) is 11.8. The highest BCUT2D eigenvalue weighted by molar-refractivity contribution is 7.91. The molecule has 1 amide bonds. The Labute approximate surface area is 185 Å². The Morgan fingerprint density at radius 3 is 2.29 bits per heavy atom. The highest BCUT2D eigenvalue weighted by atomic mass is 32.2. The maximum Gasteiger partial charge on any atom is 0.225 e. The molecule has 8 heteroatoms. The number of amides is 1. The Hall–Kier alpha value is -1.67. The fourth-order valence-electron chi connectivity index (χ4n) is 5.62. The summed E-state index contributed by atoms with van der Waals surface area (Å²) in [5, 5.41) is 0. The van der Waals surface area contributed by atoms with E-state index in [1.165, 1.54) is 6.42 Å². The number of ketones is 1. The number of hydrogen-bond donors (Lipinski definition) is 0. The Morgan fingerprint density at radius 2 is 1.68 bits per heavy atom. The van der Waals surface area contributed by atoms with Gasteiger partial charge in [-0.3, -0.25) is 14.5 Å². The van der Waals surface area contributed by atoms with Gasteiger partial charge >= 0.3 is 0 Å². The van der Waals surface area contributed by atoms with Crippen molar-refractivity contribution < 1.29 is 18.0 Å². The van der Waals surface area contributed by atoms with Crippen molar-refractivity contribution in [1.82, 2.24) is 14.4 Å². The summed E-state index contributed by atoms with van der Waals surface area (Å²) in [6.07, 6.45) is 6.23. The Morgan fingerprint density at radius 1 is 1.00 bits per heavy atom. The van der Waals surface area contributed by atoms with Gasteiger partial charge in [0.2, 0.25) is 5.91 Å². The summed E-state index contributed by atoms with van der Waals surface area (Å²) in [4.78, 5) is 29.9. The lowest BCUT2D eigenvalue weighted by Gasteiger charge is -2.36. The molecule has 3 fully saturated rings. The molecule has 1 aromatic rings. The maximum absolute atomic E-state index is 13.1. The molecule has 0 unspecified atom stereocenters. The van der Waals surface area contributed by atoms with Gasteiger partial charge in [-0.2, -0.15) is 0 Å². The predicted octanol–water partition coefficient (Wildman–Crippen LogP) is 2.37. The van der Waals surface area contributed by atoms with Crippen molar-refractivity contribution >= 4 is 21.5 Å². The van der Waals surface area contributed by atoms with E-state index in [0.717, 1.165) is 50.2 Å². The molecule has 4 rings (SSSR count). The molecule has 3 heterocycles. The third-order valence-corrected chi connectivity index (χ3v) is 9.11. The summed E-state index contributed by atoms with van der Waals surface area (Å²) >= 11 is 0. The third kappa shape index (κ3) is 4.90. The van der Waals surface area contributed by atoms with Crippen LogP contribution in [0.3, 0.4) is 0 Å². The van der Waals surface area contributed by atoms with E-state index in [1.54, 1.807) is 0 Å². The van der Waals surface area contributed by atoms with Crippen LogP contribution in [0.1, 0.15) is 66.3 Å². The van der Waals surface area contributed by atoms with Crippen molar-refractivity contribution in [1.29, 1.82) is 0 Å². The molecule has 1 aromatic heterocycles. The van der Waals surface area contributed by atoms with Crippen LogP contribution in [0, 0.1) is 19.8 Å². The fraction of sp³-hybridized carbons (Fsp3) is 0.739. The third-order valence-electron chi connectivity index (χ3n) is 7.36. The first-order valence-corrected chi connectivity index (χ1v) is 13.5. The SMILES string of the molecule is Cc1cc(C(=O)CN2CCN(C(=O)C3CCCCC3)CC2)c(C)n1[C@@H]1CCS(=O)(=O)C1. The first-order chi connectivity index (χ1) is 14.7. The molecule has 172 valence electrons. The lowest BCUT2D eigenvalue weighted by molar-refractivity contribution is -0.138. The molecule has 2 saturated heterocycles. The van der Waals surface area contributed by atoms with Gasteiger partial charge in [-0.25, -0.2) is 8.42 Å². The predicted molar refractivity (Wildman–Crippen MR) is 120 cm³/mol. The number of aromatic nitrogens is 1. The topological polar surface area (TPSA) is 79.7 Å². The van der Waals surface area contributed by atoms with E-state index in [1.807, 2.05) is 29.4 Å². The van der Waals surface area contributed by atoms with Gasteiger partial charge in [-0.05, 0) is 39.2 Å². The Kier molecular flexibility index (Phi) is 6.58. The van der Waals surface area contributed by atoms with E-state index in [4.69, 9.17) is 0 Å². The lowest BCUT2D eigenvalue weighted by Crippen LogP contribution is -2.51. The Bertz CT molecular complexity index is 938. The zero-order valence-electron chi connectivity index (χ0n) is 18.8. The standard InChI is InChI=1S/C23H35N3O4S/c1-17-14-21(18(2)26(17)20-8-13-31(29,30)16-20)22(27)15-24-9-11-25(12-10-24)23(28)19-6-4-3-5-7-19/h14,19-20H,3-13,15-16H2,1-2H3/t20-/m1/s1. The van der Waals surface area contributed by atoms with Crippen molar-refractivity contribution in [2.24, 2.45) is 5.92 Å². The van der Waals surface area contributed by atoms with E-state index in [2.05, 4.69) is 4.90 Å². The first-order valence-electron chi connectivity index (χ1n) is 11.7. The average Bonchev–Trinajstić information content (AvgIpc) is 3.26. The van der Waals surface area contributed by atoms with E-state index < -0.39 is 9.84 Å². The summed E-state index contributed by atoms with van der Waals surface area (Å²) in [6, 6.07) is 1.84. The van der Waals surface area contributed by atoms with Gasteiger partial charge in [-0.1, -0.05) is 19.3 Å². The normalized spacial score (nSPS) is 25.1. The number of piperazine rings is 1. The highest BCUT2D eigenvalue weighted by Crippen LogP contribution is 2.29. The minimum absolute atomic E-state index is 0.0686. The van der Waals surface area contributed by atoms with Crippen LogP contribution in [0.5, 0.6) is 0 Å². The van der Waals surface area contributed by atoms with E-state index in [9.17, 15) is 18.0 Å². The summed E-state index contributed by atoms with van der Waals surface area (Å²) in [5.41, 5.74) is 2.52. The first kappa shape index (κ1) is 22.5. The van der Waals surface area contributed by atoms with Gasteiger partial charge < -0.3 is 9.47 Å². The number of Topliss-reactive ketones (excluding diaryl/α,β-unsaturated/α-hetero) is 1. The minimum Gasteiger partial charge on any atom is -0.344 e. The molecular formula is C23H35N3O4S. The van der Waals surface area contributed by atoms with Crippen molar-refractivity contribution in [3.8, 4) is 0 Å². The molecule has 3 aliphatic rings. The second-order valence-electron chi connectivity index (χ2n) is 9.57. The molecule has 0 N–H and O–H groups in total. The summed E-state index contributed by atoms with van der Waals surface area (Å²) in [6.45, 7) is 7.06. The number of aryl methyl sites for hydroxylation is 1. The van der Waals surface area contributed by atoms with Gasteiger partial charge in [0.15, 0.2) is 15.6 Å². The zero-order valence-corrected chi connectivity index (χ0v) is 19.6. The van der Waals surface area contributed by atoms with E-state index in [-0.39, 0.29) is 29.2 Å². The Balaban J connectivity index is 1.34. The number of hydrogen-bond acceptors (Lipinski definition) is 5. The van der Waals surface area contributed by atoms with Crippen LogP contribution in [0.15, 0.2) is 6.07 Å². The van der Waals surface area contributed by atoms with Gasteiger partial charge in [0, 0.05) is 55.1 Å². The highest BCUT2D eigenvalue weighted by Gasteiger charge is 2.32. The molecular weight excluding hydrogens is 414 g/mol. The van der Waals surface area contributed by atoms with Crippen LogP contribution in [0.2, 0.25) is 0 Å². The lowest BCUT2D eigenvalue weighted by atomic mass is 9.88. The van der Waals surface area contributed by atoms with Gasteiger partial charge in [0.05, 0.1) is 18.1 Å². The summed E-state index contributed by atoms with van der Waals surface area (Å²) < 4.78 is 25.8. The molecule has 0 aromatic carbocycles. The number of sulfone groups is 1. The van der Waals surface area contributed by atoms with Crippen LogP contribution < -0.4 is 0 Å². The van der Waals surface area contributed by atoms with Gasteiger partial charge in [0.1, 0.15) is 0 Å². The fourth-order valence-corrected chi connectivity index (χ4v) is 7.32. The molecule has 1 aliphatic carbocycles. The van der Waals surface area contributed by atoms with Crippen molar-refractivity contribution in [3.63, 3.8) is 0 Å². The van der Waals surface area contributed by atoms with Crippen molar-refractivity contribution in [2.45, 2.75) is 58.4 Å². The van der Waals surface area contributed by atoms with Crippen LogP contribution in [0.25, 0.3) is 0 Å². The monoisotopic (exact) mass is 449 g/mol. The van der Waals surface area contributed by atoms with Gasteiger partial charge in [-0.15, -0.1) is 0 Å². The molecule has 1 atom stereocenters. The number of carbonyl (C=O) groups is 2. The zero-order chi connectivity index (χ0) is 22.2. The molecule has 0 radical (unpaired) electrons. The average molecular weight is 450 g/mol. The smallest absolute Gasteiger partial charge is 0.225 e. The maximum atomic E-state index is 13.1. The number of carbonyl (C=O) groups excluding carboxylic acids is 2. The molecule has 2 aliphatic heterocycles. The van der Waals surface area contributed by atoms with Crippen LogP contribution in [-0.2, 0) is 14.6 Å². The van der Waals surface area contributed by atoms with Crippen molar-refractivity contribution in [3.05, 3.63) is 23.0 Å². The van der Waals surface area contributed by atoms with E-state index >= 15 is 0 Å².